The number of unbranched alkanes of at least 4 members (excludes halogenated alkanes) is 1. The normalized spacial score (nSPS) is 17.0. The Labute approximate surface area is 400 Å². The van der Waals surface area contributed by atoms with Crippen molar-refractivity contribution in [3.63, 3.8) is 0 Å². The minimum Gasteiger partial charge on any atom is -0.370 e. The average molecular weight is 933 g/mol. The second-order valence-corrected chi connectivity index (χ2v) is 18.1. The molecule has 0 radical (unpaired) electrons. The maximum Gasteiger partial charge on any atom is 0.246 e. The summed E-state index contributed by atoms with van der Waals surface area (Å²) < 4.78 is 0. The van der Waals surface area contributed by atoms with Gasteiger partial charge in [-0.15, -0.1) is 0 Å². The fourth-order valence-corrected chi connectivity index (χ4v) is 9.11. The van der Waals surface area contributed by atoms with Crippen LogP contribution in [0.2, 0.25) is 0 Å². The van der Waals surface area contributed by atoms with Crippen LogP contribution in [0.1, 0.15) is 125 Å². The zero-order valence-electron chi connectivity index (χ0n) is 40.0. The number of rotatable bonds is 26. The van der Waals surface area contributed by atoms with Gasteiger partial charge in [-0.1, -0.05) is 107 Å². The second kappa shape index (κ2) is 26.0. The van der Waals surface area contributed by atoms with Gasteiger partial charge in [0.25, 0.3) is 0 Å². The Kier molecular flexibility index (Phi) is 20.0. The van der Waals surface area contributed by atoms with Crippen molar-refractivity contribution in [1.29, 1.82) is 0 Å². The van der Waals surface area contributed by atoms with E-state index in [1.807, 2.05) is 61.5 Å². The number of benzene rings is 3. The van der Waals surface area contributed by atoms with Crippen molar-refractivity contribution in [2.45, 2.75) is 147 Å². The topological polar surface area (TPSA) is 269 Å². The quantitative estimate of drug-likeness (QED) is 0.0247. The highest BCUT2D eigenvalue weighted by atomic mass is 16.2. The van der Waals surface area contributed by atoms with Gasteiger partial charge in [0.1, 0.15) is 23.7 Å². The number of hydrogen-bond acceptors (Lipinski definition) is 7. The lowest BCUT2D eigenvalue weighted by atomic mass is 9.72. The maximum absolute atomic E-state index is 14.9. The first kappa shape index (κ1) is 52.3. The molecule has 16 heteroatoms. The number of guanidine groups is 1. The molecular formula is C52H72N10O6. The highest BCUT2D eigenvalue weighted by molar-refractivity contribution is 5.98. The molecule has 3 atom stereocenters. The van der Waals surface area contributed by atoms with Crippen molar-refractivity contribution in [3.05, 3.63) is 107 Å². The number of aromatic amines is 1. The number of amides is 6. The molecule has 1 heterocycles. The van der Waals surface area contributed by atoms with E-state index in [1.54, 1.807) is 6.20 Å². The molecule has 1 aliphatic carbocycles. The van der Waals surface area contributed by atoms with E-state index in [4.69, 9.17) is 17.2 Å². The molecule has 0 saturated heterocycles. The fourth-order valence-electron chi connectivity index (χ4n) is 9.11. The Hall–Kier alpha value is -6.71. The molecular weight excluding hydrogens is 861 g/mol. The van der Waals surface area contributed by atoms with Gasteiger partial charge in [0.05, 0.1) is 6.54 Å². The number of H-pyrrole nitrogens is 1. The van der Waals surface area contributed by atoms with E-state index in [9.17, 15) is 28.8 Å². The van der Waals surface area contributed by atoms with Crippen molar-refractivity contribution < 1.29 is 28.8 Å². The number of nitrogens with two attached hydrogens (primary N) is 3. The molecule has 1 fully saturated rings. The molecule has 4 aromatic rings. The number of fused-ring (bicyclic) bond motifs is 1. The van der Waals surface area contributed by atoms with E-state index in [2.05, 4.69) is 68.6 Å². The van der Waals surface area contributed by atoms with Crippen LogP contribution in [0.25, 0.3) is 10.9 Å². The van der Waals surface area contributed by atoms with Crippen molar-refractivity contribution in [2.75, 3.05) is 13.1 Å². The first-order chi connectivity index (χ1) is 32.7. The van der Waals surface area contributed by atoms with E-state index >= 15 is 0 Å². The Balaban J connectivity index is 1.43. The molecule has 1 saturated carbocycles. The zero-order valence-corrected chi connectivity index (χ0v) is 40.0. The number of para-hydroxylation sites is 1. The predicted octanol–water partition coefficient (Wildman–Crippen LogP) is 4.37. The van der Waals surface area contributed by atoms with Crippen LogP contribution < -0.4 is 43.8 Å². The number of aryl methyl sites for hydroxylation is 2. The summed E-state index contributed by atoms with van der Waals surface area (Å²) >= 11 is 0. The highest BCUT2D eigenvalue weighted by Gasteiger charge is 2.45. The van der Waals surface area contributed by atoms with Crippen molar-refractivity contribution >= 4 is 52.3 Å². The smallest absolute Gasteiger partial charge is 0.246 e. The van der Waals surface area contributed by atoms with E-state index in [0.717, 1.165) is 54.1 Å². The third-order valence-corrected chi connectivity index (χ3v) is 12.7. The van der Waals surface area contributed by atoms with Gasteiger partial charge in [0, 0.05) is 42.9 Å². The van der Waals surface area contributed by atoms with E-state index < -0.39 is 59.7 Å². The lowest BCUT2D eigenvalue weighted by Gasteiger charge is -2.40. The Bertz CT molecular complexity index is 2330. The van der Waals surface area contributed by atoms with Crippen LogP contribution in [0.3, 0.4) is 0 Å². The van der Waals surface area contributed by atoms with Crippen molar-refractivity contribution in [3.8, 4) is 0 Å². The minimum absolute atomic E-state index is 0.0404. The van der Waals surface area contributed by atoms with E-state index in [0.29, 0.717) is 32.1 Å². The van der Waals surface area contributed by atoms with E-state index in [1.165, 1.54) is 16.7 Å². The van der Waals surface area contributed by atoms with Gasteiger partial charge in [-0.05, 0) is 97.6 Å². The van der Waals surface area contributed by atoms with Gasteiger partial charge in [0.15, 0.2) is 5.96 Å². The number of aliphatic imine (C=N–C) groups is 1. The summed E-state index contributed by atoms with van der Waals surface area (Å²) in [6.07, 6.45) is 10.0. The van der Waals surface area contributed by atoms with Gasteiger partial charge in [-0.3, -0.25) is 33.8 Å². The SMILES string of the molecule is CCCCC(=O)NC1(C(=O)N[C@H](Cc2ccccc2)C(=O)N[C@@H](CCCN=C(N)N)C(=O)N[C@@H](Cc2c[nH]c3ccccc23)C(=O)NCC(N)=O)CCC(c2cc(CCC)cc(CCC)c2)CC1. The third kappa shape index (κ3) is 15.4. The summed E-state index contributed by atoms with van der Waals surface area (Å²) in [5.74, 6) is -3.39. The summed E-state index contributed by atoms with van der Waals surface area (Å²) in [7, 11) is 0. The lowest BCUT2D eigenvalue weighted by molar-refractivity contribution is -0.138. The monoisotopic (exact) mass is 933 g/mol. The zero-order chi connectivity index (χ0) is 49.1. The van der Waals surface area contributed by atoms with Gasteiger partial charge in [0.2, 0.25) is 35.4 Å². The molecule has 3 aromatic carbocycles. The molecule has 68 heavy (non-hydrogen) atoms. The number of nitrogens with one attached hydrogen (secondary N) is 6. The molecule has 0 unspecified atom stereocenters. The fraction of sp³-hybridized carbons (Fsp3) is 0.481. The van der Waals surface area contributed by atoms with Crippen LogP contribution in [0.15, 0.2) is 84.0 Å². The van der Waals surface area contributed by atoms with Crippen LogP contribution in [-0.4, -0.2) is 83.1 Å². The minimum atomic E-state index is -1.28. The maximum atomic E-state index is 14.9. The van der Waals surface area contributed by atoms with Gasteiger partial charge >= 0.3 is 0 Å². The summed E-state index contributed by atoms with van der Waals surface area (Å²) in [6.45, 7) is 6.05. The van der Waals surface area contributed by atoms with Gasteiger partial charge in [-0.25, -0.2) is 0 Å². The van der Waals surface area contributed by atoms with Crippen LogP contribution in [-0.2, 0) is 54.5 Å². The van der Waals surface area contributed by atoms with Crippen LogP contribution in [0, 0.1) is 0 Å². The first-order valence-electron chi connectivity index (χ1n) is 24.3. The third-order valence-electron chi connectivity index (χ3n) is 12.7. The van der Waals surface area contributed by atoms with Crippen LogP contribution in [0.4, 0.5) is 0 Å². The summed E-state index contributed by atoms with van der Waals surface area (Å²) in [4.78, 5) is 90.1. The van der Waals surface area contributed by atoms with Crippen molar-refractivity contribution in [2.24, 2.45) is 22.2 Å². The first-order valence-corrected chi connectivity index (χ1v) is 24.3. The molecule has 1 aliphatic rings. The molecule has 12 N–H and O–H groups in total. The number of aromatic nitrogens is 1. The molecule has 0 aliphatic heterocycles. The number of primary amides is 1. The second-order valence-electron chi connectivity index (χ2n) is 18.1. The van der Waals surface area contributed by atoms with Gasteiger partial charge < -0.3 is 48.8 Å². The molecule has 1 aromatic heterocycles. The summed E-state index contributed by atoms with van der Waals surface area (Å²) in [5, 5.41) is 15.2. The largest absolute Gasteiger partial charge is 0.370 e. The summed E-state index contributed by atoms with van der Waals surface area (Å²) in [6, 6.07) is 20.0. The number of nitrogens with zero attached hydrogens (tertiary/aromatic N) is 1. The molecule has 0 spiro atoms. The Morgan fingerprint density at radius 1 is 0.721 bits per heavy atom. The highest BCUT2D eigenvalue weighted by Crippen LogP contribution is 2.39. The average Bonchev–Trinajstić information content (AvgIpc) is 3.73. The standard InChI is InChI=1S/C52H72N10O6/c1-4-7-21-46(64)62-52(24-22-37(23-25-52)38-28-35(14-5-2)27-36(29-38)15-6-3)50(68)61-43(30-34-16-9-8-10-17-34)49(67)59-42(20-13-26-56-51(54)55)48(66)60-44(47(65)58-33-45(53)63)31-39-32-57-41-19-12-11-18-40(39)41/h8-12,16-19,27-29,32,37,42-44,57H,4-7,13-15,20-26,30-31,33H2,1-3H3,(H2,53,63)(H,58,65)(H,59,67)(H,60,66)(H,61,68)(H,62,64)(H4,54,55,56)/t37?,42-,43+,44-,52?/m0/s1. The van der Waals surface area contributed by atoms with Gasteiger partial charge in [-0.2, -0.15) is 0 Å². The Morgan fingerprint density at radius 2 is 1.35 bits per heavy atom. The molecule has 6 amide bonds. The van der Waals surface area contributed by atoms with Crippen LogP contribution in [0.5, 0.6) is 0 Å². The number of carbonyl (C=O) groups excluding carboxylic acids is 6. The predicted molar refractivity (Wildman–Crippen MR) is 266 cm³/mol. The number of hydrogen-bond donors (Lipinski definition) is 9. The number of carbonyl (C=O) groups is 6. The molecule has 0 bridgehead atoms. The van der Waals surface area contributed by atoms with Crippen LogP contribution >= 0.6 is 0 Å². The molecule has 16 nitrogen and oxygen atoms in total. The Morgan fingerprint density at radius 3 is 2.00 bits per heavy atom. The van der Waals surface area contributed by atoms with E-state index in [-0.39, 0.29) is 56.4 Å². The lowest BCUT2D eigenvalue weighted by Crippen LogP contribution is -2.64. The molecule has 5 rings (SSSR count). The van der Waals surface area contributed by atoms with Crippen molar-refractivity contribution in [1.82, 2.24) is 31.6 Å². The summed E-state index contributed by atoms with van der Waals surface area (Å²) in [5.41, 5.74) is 21.4. The molecule has 366 valence electrons.